The number of carbonyl (C=O) groups excluding carboxylic acids is 1. The second-order valence-corrected chi connectivity index (χ2v) is 6.92. The first-order valence-corrected chi connectivity index (χ1v) is 9.07. The SMILES string of the molecule is CN1CCCN(C(=O)c2ccc(Cl)c([N+](=O)[O-])c2)c2nc3ccccc3nc21. The number of benzene rings is 2. The molecule has 0 fully saturated rings. The van der Waals surface area contributed by atoms with Crippen LogP contribution in [-0.2, 0) is 0 Å². The number of hydrogen-bond donors (Lipinski definition) is 0. The number of anilines is 2. The Balaban J connectivity index is 1.83. The van der Waals surface area contributed by atoms with E-state index in [1.54, 1.807) is 0 Å². The van der Waals surface area contributed by atoms with Crippen molar-refractivity contribution in [3.8, 4) is 0 Å². The summed E-state index contributed by atoms with van der Waals surface area (Å²) in [5, 5.41) is 11.2. The number of nitrogens with zero attached hydrogens (tertiary/aromatic N) is 5. The molecule has 1 aliphatic rings. The fourth-order valence-electron chi connectivity index (χ4n) is 3.24. The molecule has 1 amide bonds. The van der Waals surface area contributed by atoms with Gasteiger partial charge in [-0.1, -0.05) is 23.7 Å². The van der Waals surface area contributed by atoms with Gasteiger partial charge < -0.3 is 4.90 Å². The van der Waals surface area contributed by atoms with Gasteiger partial charge >= 0.3 is 0 Å². The molecule has 0 aliphatic carbocycles. The van der Waals surface area contributed by atoms with Crippen LogP contribution in [-0.4, -0.2) is 40.9 Å². The van der Waals surface area contributed by atoms with Gasteiger partial charge in [0.05, 0.1) is 16.0 Å². The Bertz CT molecular complexity index is 1100. The summed E-state index contributed by atoms with van der Waals surface area (Å²) in [7, 11) is 1.91. The maximum Gasteiger partial charge on any atom is 0.288 e. The van der Waals surface area contributed by atoms with Crippen molar-refractivity contribution < 1.29 is 9.72 Å². The smallest absolute Gasteiger partial charge is 0.288 e. The van der Waals surface area contributed by atoms with Crippen molar-refractivity contribution in [2.24, 2.45) is 0 Å². The number of aromatic nitrogens is 2. The number of rotatable bonds is 2. The summed E-state index contributed by atoms with van der Waals surface area (Å²) in [6.45, 7) is 1.14. The molecule has 0 atom stereocenters. The first-order chi connectivity index (χ1) is 13.5. The van der Waals surface area contributed by atoms with Gasteiger partial charge in [-0.05, 0) is 30.7 Å². The second kappa shape index (κ2) is 7.05. The maximum atomic E-state index is 13.2. The van der Waals surface area contributed by atoms with Gasteiger partial charge in [-0.2, -0.15) is 0 Å². The zero-order chi connectivity index (χ0) is 19.8. The molecule has 9 heteroatoms. The van der Waals surface area contributed by atoms with E-state index in [4.69, 9.17) is 11.6 Å². The summed E-state index contributed by atoms with van der Waals surface area (Å²) in [5.41, 5.74) is 1.30. The molecule has 142 valence electrons. The third-order valence-electron chi connectivity index (χ3n) is 4.66. The third-order valence-corrected chi connectivity index (χ3v) is 4.98. The molecule has 2 heterocycles. The Kier molecular flexibility index (Phi) is 4.56. The highest BCUT2D eigenvalue weighted by Gasteiger charge is 2.28. The van der Waals surface area contributed by atoms with Crippen LogP contribution in [0.1, 0.15) is 16.8 Å². The van der Waals surface area contributed by atoms with E-state index in [2.05, 4.69) is 9.97 Å². The van der Waals surface area contributed by atoms with Crippen molar-refractivity contribution in [2.45, 2.75) is 6.42 Å². The number of nitro groups is 1. The van der Waals surface area contributed by atoms with E-state index in [1.807, 2.05) is 36.2 Å². The topological polar surface area (TPSA) is 92.5 Å². The highest BCUT2D eigenvalue weighted by molar-refractivity contribution is 6.32. The molecule has 0 N–H and O–H groups in total. The van der Waals surface area contributed by atoms with E-state index in [0.717, 1.165) is 5.52 Å². The molecule has 2 aromatic carbocycles. The van der Waals surface area contributed by atoms with Crippen molar-refractivity contribution in [1.29, 1.82) is 0 Å². The lowest BCUT2D eigenvalue weighted by Gasteiger charge is -2.23. The number of amides is 1. The number of fused-ring (bicyclic) bond motifs is 2. The second-order valence-electron chi connectivity index (χ2n) is 6.51. The summed E-state index contributed by atoms with van der Waals surface area (Å²) >= 11 is 5.88. The summed E-state index contributed by atoms with van der Waals surface area (Å²) < 4.78 is 0. The quantitative estimate of drug-likeness (QED) is 0.483. The van der Waals surface area contributed by atoms with Crippen molar-refractivity contribution in [3.05, 3.63) is 63.2 Å². The Hall–Kier alpha value is -3.26. The number of carbonyl (C=O) groups is 1. The van der Waals surface area contributed by atoms with Crippen LogP contribution in [0, 0.1) is 10.1 Å². The molecule has 0 radical (unpaired) electrons. The van der Waals surface area contributed by atoms with Crippen LogP contribution in [0.3, 0.4) is 0 Å². The minimum Gasteiger partial charge on any atom is -0.357 e. The van der Waals surface area contributed by atoms with Crippen LogP contribution in [0.5, 0.6) is 0 Å². The molecule has 1 aromatic heterocycles. The molecule has 0 saturated heterocycles. The zero-order valence-electron chi connectivity index (χ0n) is 15.0. The minimum absolute atomic E-state index is 0.0108. The van der Waals surface area contributed by atoms with Crippen LogP contribution in [0.15, 0.2) is 42.5 Å². The van der Waals surface area contributed by atoms with Crippen LogP contribution < -0.4 is 9.80 Å². The highest BCUT2D eigenvalue weighted by Crippen LogP contribution is 2.32. The lowest BCUT2D eigenvalue weighted by molar-refractivity contribution is -0.384. The van der Waals surface area contributed by atoms with Crippen LogP contribution in [0.25, 0.3) is 11.0 Å². The van der Waals surface area contributed by atoms with Crippen molar-refractivity contribution in [2.75, 3.05) is 29.9 Å². The number of hydrogen-bond acceptors (Lipinski definition) is 6. The van der Waals surface area contributed by atoms with Crippen molar-refractivity contribution in [1.82, 2.24) is 9.97 Å². The summed E-state index contributed by atoms with van der Waals surface area (Å²) in [4.78, 5) is 36.7. The molecule has 0 bridgehead atoms. The Labute approximate surface area is 165 Å². The minimum atomic E-state index is -0.601. The normalized spacial score (nSPS) is 13.9. The van der Waals surface area contributed by atoms with E-state index >= 15 is 0 Å². The van der Waals surface area contributed by atoms with E-state index in [9.17, 15) is 14.9 Å². The number of halogens is 1. The average molecular weight is 398 g/mol. The van der Waals surface area contributed by atoms with E-state index < -0.39 is 4.92 Å². The van der Waals surface area contributed by atoms with Crippen LogP contribution in [0.2, 0.25) is 5.02 Å². The summed E-state index contributed by atoms with van der Waals surface area (Å²) in [6, 6.07) is 11.5. The van der Waals surface area contributed by atoms with Crippen molar-refractivity contribution >= 4 is 45.9 Å². The molecule has 0 unspecified atom stereocenters. The van der Waals surface area contributed by atoms with E-state index in [-0.39, 0.29) is 22.2 Å². The van der Waals surface area contributed by atoms with Gasteiger partial charge in [0.1, 0.15) is 5.02 Å². The molecule has 3 aromatic rings. The summed E-state index contributed by atoms with van der Waals surface area (Å²) in [6.07, 6.45) is 0.715. The fraction of sp³-hybridized carbons (Fsp3) is 0.211. The standard InChI is InChI=1S/C19H16ClN5O3/c1-23-9-4-10-24(18-17(23)21-14-5-2-3-6-15(14)22-18)19(26)12-7-8-13(20)16(11-12)25(27)28/h2-3,5-8,11H,4,9-10H2,1H3. The summed E-state index contributed by atoms with van der Waals surface area (Å²) in [5.74, 6) is 0.676. The molecule has 4 rings (SSSR count). The highest BCUT2D eigenvalue weighted by atomic mass is 35.5. The molecular weight excluding hydrogens is 382 g/mol. The van der Waals surface area contributed by atoms with Gasteiger partial charge in [0.2, 0.25) is 0 Å². The van der Waals surface area contributed by atoms with Gasteiger partial charge in [-0.25, -0.2) is 9.97 Å². The Morgan fingerprint density at radius 3 is 2.46 bits per heavy atom. The monoisotopic (exact) mass is 397 g/mol. The number of para-hydroxylation sites is 2. The van der Waals surface area contributed by atoms with Gasteiger partial charge in [0.15, 0.2) is 11.6 Å². The Morgan fingerprint density at radius 2 is 1.79 bits per heavy atom. The predicted octanol–water partition coefficient (Wildman–Crippen LogP) is 3.68. The average Bonchev–Trinajstić information content (AvgIpc) is 2.85. The van der Waals surface area contributed by atoms with Gasteiger partial charge in [-0.3, -0.25) is 19.8 Å². The molecule has 8 nitrogen and oxygen atoms in total. The third kappa shape index (κ3) is 3.11. The van der Waals surface area contributed by atoms with E-state index in [0.29, 0.717) is 36.7 Å². The lowest BCUT2D eigenvalue weighted by atomic mass is 10.1. The van der Waals surface area contributed by atoms with Crippen LogP contribution >= 0.6 is 11.6 Å². The largest absolute Gasteiger partial charge is 0.357 e. The van der Waals surface area contributed by atoms with Gasteiger partial charge in [-0.15, -0.1) is 0 Å². The molecule has 0 spiro atoms. The first-order valence-electron chi connectivity index (χ1n) is 8.69. The molecule has 28 heavy (non-hydrogen) atoms. The van der Waals surface area contributed by atoms with Gasteiger partial charge in [0.25, 0.3) is 11.6 Å². The lowest BCUT2D eigenvalue weighted by Crippen LogP contribution is -2.32. The predicted molar refractivity (Wildman–Crippen MR) is 107 cm³/mol. The molecular formula is C19H16ClN5O3. The fourth-order valence-corrected chi connectivity index (χ4v) is 3.42. The maximum absolute atomic E-state index is 13.2. The first kappa shape index (κ1) is 18.1. The molecule has 1 aliphatic heterocycles. The zero-order valence-corrected chi connectivity index (χ0v) is 15.8. The van der Waals surface area contributed by atoms with E-state index in [1.165, 1.54) is 23.1 Å². The van der Waals surface area contributed by atoms with Gasteiger partial charge in [0, 0.05) is 31.8 Å². The van der Waals surface area contributed by atoms with Crippen molar-refractivity contribution in [3.63, 3.8) is 0 Å². The number of nitro benzene ring substituents is 1. The molecule has 0 saturated carbocycles. The van der Waals surface area contributed by atoms with Crippen LogP contribution in [0.4, 0.5) is 17.3 Å². The Morgan fingerprint density at radius 1 is 1.11 bits per heavy atom.